The fraction of sp³-hybridized carbons (Fsp3) is 0.120. The summed E-state index contributed by atoms with van der Waals surface area (Å²) in [7, 11) is 1.75. The number of benzene rings is 3. The van der Waals surface area contributed by atoms with Gasteiger partial charge < -0.3 is 4.74 Å². The van der Waals surface area contributed by atoms with Gasteiger partial charge in [0.15, 0.2) is 5.17 Å². The quantitative estimate of drug-likeness (QED) is 0.495. The molecule has 1 aliphatic heterocycles. The molecule has 0 unspecified atom stereocenters. The maximum absolute atomic E-state index is 12.8. The Morgan fingerprint density at radius 2 is 1.67 bits per heavy atom. The van der Waals surface area contributed by atoms with Gasteiger partial charge in [-0.2, -0.15) is 0 Å². The third-order valence-electron chi connectivity index (χ3n) is 4.71. The first-order valence-electron chi connectivity index (χ1n) is 9.69. The highest BCUT2D eigenvalue weighted by Gasteiger charge is 2.30. The van der Waals surface area contributed by atoms with Crippen LogP contribution in [0, 0.1) is 6.92 Å². The Labute approximate surface area is 180 Å². The molecule has 0 bridgehead atoms. The molecule has 0 spiro atoms. The van der Waals surface area contributed by atoms with E-state index in [-0.39, 0.29) is 5.91 Å². The lowest BCUT2D eigenvalue weighted by Gasteiger charge is -2.09. The number of carbonyl (C=O) groups is 1. The molecule has 30 heavy (non-hydrogen) atoms. The highest BCUT2D eigenvalue weighted by atomic mass is 32.2. The average Bonchev–Trinajstić information content (AvgIpc) is 3.03. The molecule has 4 rings (SSSR count). The third kappa shape index (κ3) is 4.63. The number of amidine groups is 1. The lowest BCUT2D eigenvalue weighted by atomic mass is 10.2. The van der Waals surface area contributed by atoms with Crippen molar-refractivity contribution in [2.75, 3.05) is 7.05 Å². The second kappa shape index (κ2) is 9.01. The summed E-state index contributed by atoms with van der Waals surface area (Å²) < 4.78 is 6.02. The number of hydrogen-bond acceptors (Lipinski definition) is 4. The molecule has 1 aliphatic rings. The van der Waals surface area contributed by atoms with Crippen LogP contribution in [0.15, 0.2) is 88.8 Å². The Hall–Kier alpha value is -3.31. The third-order valence-corrected chi connectivity index (χ3v) is 5.77. The SMILES string of the molecule is Cc1ccc(N=C2S/C(=C/c3ccccc3OCc3ccccc3)C(=O)N2C)cc1. The number of carbonyl (C=O) groups excluding carboxylic acids is 1. The fourth-order valence-electron chi connectivity index (χ4n) is 2.99. The van der Waals surface area contributed by atoms with Gasteiger partial charge in [-0.15, -0.1) is 0 Å². The molecule has 4 nitrogen and oxygen atoms in total. The highest BCUT2D eigenvalue weighted by Crippen LogP contribution is 2.34. The molecule has 3 aromatic rings. The molecule has 0 aliphatic carbocycles. The van der Waals surface area contributed by atoms with Crippen LogP contribution in [0.25, 0.3) is 6.08 Å². The van der Waals surface area contributed by atoms with E-state index in [9.17, 15) is 4.79 Å². The van der Waals surface area contributed by atoms with Crippen LogP contribution in [0.2, 0.25) is 0 Å². The van der Waals surface area contributed by atoms with Crippen LogP contribution in [0.3, 0.4) is 0 Å². The molecular formula is C25H22N2O2S. The van der Waals surface area contributed by atoms with Crippen molar-refractivity contribution in [2.45, 2.75) is 13.5 Å². The van der Waals surface area contributed by atoms with Crippen LogP contribution in [0.4, 0.5) is 5.69 Å². The van der Waals surface area contributed by atoms with Crippen molar-refractivity contribution >= 4 is 34.6 Å². The number of ether oxygens (including phenoxy) is 1. The molecule has 0 aromatic heterocycles. The Kier molecular flexibility index (Phi) is 6.00. The Bertz CT molecular complexity index is 1110. The highest BCUT2D eigenvalue weighted by molar-refractivity contribution is 8.18. The molecule has 150 valence electrons. The van der Waals surface area contributed by atoms with E-state index in [4.69, 9.17) is 4.74 Å². The average molecular weight is 415 g/mol. The largest absolute Gasteiger partial charge is 0.488 e. The van der Waals surface area contributed by atoms with E-state index in [1.165, 1.54) is 17.3 Å². The molecule has 3 aromatic carbocycles. The van der Waals surface area contributed by atoms with E-state index >= 15 is 0 Å². The Balaban J connectivity index is 1.56. The van der Waals surface area contributed by atoms with Crippen molar-refractivity contribution in [1.82, 2.24) is 4.90 Å². The molecule has 1 fully saturated rings. The number of thioether (sulfide) groups is 1. The standard InChI is InChI=1S/C25H22N2O2S/c1-18-12-14-21(15-13-18)26-25-27(2)24(28)23(30-25)16-20-10-6-7-11-22(20)29-17-19-8-4-3-5-9-19/h3-16H,17H2,1-2H3/b23-16+,26-25?. The number of rotatable bonds is 5. The minimum Gasteiger partial charge on any atom is -0.488 e. The van der Waals surface area contributed by atoms with Gasteiger partial charge in [-0.25, -0.2) is 4.99 Å². The number of aliphatic imine (C=N–C) groups is 1. The zero-order valence-corrected chi connectivity index (χ0v) is 17.7. The molecule has 0 N–H and O–H groups in total. The predicted molar refractivity (Wildman–Crippen MR) is 124 cm³/mol. The summed E-state index contributed by atoms with van der Waals surface area (Å²) in [6, 6.07) is 25.7. The second-order valence-electron chi connectivity index (χ2n) is 7.02. The smallest absolute Gasteiger partial charge is 0.266 e. The maximum atomic E-state index is 12.8. The van der Waals surface area contributed by atoms with Gasteiger partial charge in [-0.3, -0.25) is 9.69 Å². The molecule has 1 heterocycles. The number of likely N-dealkylation sites (N-methyl/N-ethyl adjacent to an activating group) is 1. The first-order valence-corrected chi connectivity index (χ1v) is 10.5. The summed E-state index contributed by atoms with van der Waals surface area (Å²) in [5.74, 6) is 0.678. The second-order valence-corrected chi connectivity index (χ2v) is 8.03. The van der Waals surface area contributed by atoms with E-state index in [0.717, 1.165) is 22.6 Å². The maximum Gasteiger partial charge on any atom is 0.266 e. The number of amides is 1. The summed E-state index contributed by atoms with van der Waals surface area (Å²) in [5.41, 5.74) is 3.97. The topological polar surface area (TPSA) is 41.9 Å². The predicted octanol–water partition coefficient (Wildman–Crippen LogP) is 5.81. The first kappa shape index (κ1) is 20.0. The van der Waals surface area contributed by atoms with Crippen LogP contribution in [-0.2, 0) is 11.4 Å². The van der Waals surface area contributed by atoms with E-state index in [1.54, 1.807) is 11.9 Å². The molecule has 5 heteroatoms. The molecular weight excluding hydrogens is 392 g/mol. The number of para-hydroxylation sites is 1. The van der Waals surface area contributed by atoms with Gasteiger partial charge in [0.05, 0.1) is 10.6 Å². The van der Waals surface area contributed by atoms with Gasteiger partial charge >= 0.3 is 0 Å². The lowest BCUT2D eigenvalue weighted by molar-refractivity contribution is -0.121. The summed E-state index contributed by atoms with van der Waals surface area (Å²) >= 11 is 1.38. The van der Waals surface area contributed by atoms with Crippen molar-refractivity contribution in [1.29, 1.82) is 0 Å². The van der Waals surface area contributed by atoms with Gasteiger partial charge in [0.2, 0.25) is 0 Å². The zero-order chi connectivity index (χ0) is 20.9. The Morgan fingerprint density at radius 3 is 2.43 bits per heavy atom. The van der Waals surface area contributed by atoms with Gasteiger partial charge in [0.1, 0.15) is 12.4 Å². The fourth-order valence-corrected chi connectivity index (χ4v) is 3.97. The lowest BCUT2D eigenvalue weighted by Crippen LogP contribution is -2.23. The zero-order valence-electron chi connectivity index (χ0n) is 16.9. The minimum absolute atomic E-state index is 0.0660. The molecule has 0 radical (unpaired) electrons. The number of aryl methyl sites for hydroxylation is 1. The van der Waals surface area contributed by atoms with Crippen LogP contribution in [-0.4, -0.2) is 23.0 Å². The molecule has 1 saturated heterocycles. The first-order chi connectivity index (χ1) is 14.6. The van der Waals surface area contributed by atoms with Crippen molar-refractivity contribution < 1.29 is 9.53 Å². The van der Waals surface area contributed by atoms with Crippen molar-refractivity contribution in [2.24, 2.45) is 4.99 Å². The van der Waals surface area contributed by atoms with Crippen LogP contribution < -0.4 is 4.74 Å². The van der Waals surface area contributed by atoms with Crippen molar-refractivity contribution in [3.63, 3.8) is 0 Å². The van der Waals surface area contributed by atoms with E-state index in [0.29, 0.717) is 16.7 Å². The van der Waals surface area contributed by atoms with Crippen LogP contribution in [0.1, 0.15) is 16.7 Å². The van der Waals surface area contributed by atoms with E-state index in [2.05, 4.69) is 4.99 Å². The van der Waals surface area contributed by atoms with Crippen LogP contribution in [0.5, 0.6) is 5.75 Å². The molecule has 0 atom stereocenters. The van der Waals surface area contributed by atoms with Gasteiger partial charge in [-0.05, 0) is 48.5 Å². The van der Waals surface area contributed by atoms with E-state index in [1.807, 2.05) is 91.9 Å². The molecule has 0 saturated carbocycles. The van der Waals surface area contributed by atoms with Gasteiger partial charge in [0, 0.05) is 12.6 Å². The summed E-state index contributed by atoms with van der Waals surface area (Å²) in [4.78, 5) is 19.6. The Morgan fingerprint density at radius 1 is 0.967 bits per heavy atom. The monoisotopic (exact) mass is 414 g/mol. The molecule has 1 amide bonds. The summed E-state index contributed by atoms with van der Waals surface area (Å²) in [6.45, 7) is 2.51. The van der Waals surface area contributed by atoms with Gasteiger partial charge in [0.25, 0.3) is 5.91 Å². The normalized spacial score (nSPS) is 16.5. The van der Waals surface area contributed by atoms with Crippen molar-refractivity contribution in [3.8, 4) is 5.75 Å². The van der Waals surface area contributed by atoms with Crippen LogP contribution >= 0.6 is 11.8 Å². The minimum atomic E-state index is -0.0660. The summed E-state index contributed by atoms with van der Waals surface area (Å²) in [5, 5.41) is 0.665. The van der Waals surface area contributed by atoms with Gasteiger partial charge in [-0.1, -0.05) is 66.2 Å². The number of nitrogens with zero attached hydrogens (tertiary/aromatic N) is 2. The van der Waals surface area contributed by atoms with Crippen molar-refractivity contribution in [3.05, 3.63) is 100 Å². The summed E-state index contributed by atoms with van der Waals surface area (Å²) in [6.07, 6.45) is 1.88. The number of hydrogen-bond donors (Lipinski definition) is 0. The van der Waals surface area contributed by atoms with E-state index < -0.39 is 0 Å².